The van der Waals surface area contributed by atoms with Gasteiger partial charge < -0.3 is 15.1 Å². The molecule has 0 atom stereocenters. The Morgan fingerprint density at radius 3 is 2.58 bits per heavy atom. The molecule has 2 heterocycles. The molecular formula is C30H42BN3OS. The SMILES string of the molecule is C=C(C(=O)N(C)C(C)(C)C)C1=C(N(C)c2ccsc2)c2cc(/C(C)=C/CCCC)c(NC)cc2BC1. The maximum Gasteiger partial charge on any atom is 0.253 e. The predicted molar refractivity (Wildman–Crippen MR) is 162 cm³/mol. The van der Waals surface area contributed by atoms with Crippen LogP contribution >= 0.6 is 11.3 Å². The molecule has 0 saturated carbocycles. The molecule has 1 aliphatic heterocycles. The van der Waals surface area contributed by atoms with Crippen molar-refractivity contribution in [3.05, 3.63) is 63.9 Å². The normalized spacial score (nSPS) is 13.7. The summed E-state index contributed by atoms with van der Waals surface area (Å²) in [4.78, 5) is 17.6. The molecule has 1 N–H and O–H groups in total. The van der Waals surface area contributed by atoms with E-state index in [0.29, 0.717) is 5.57 Å². The summed E-state index contributed by atoms with van der Waals surface area (Å²) in [5.41, 5.74) is 9.70. The van der Waals surface area contributed by atoms with Crippen LogP contribution in [0.3, 0.4) is 0 Å². The Balaban J connectivity index is 2.21. The van der Waals surface area contributed by atoms with E-state index < -0.39 is 0 Å². The van der Waals surface area contributed by atoms with Crippen LogP contribution in [-0.4, -0.2) is 44.8 Å². The molecule has 0 radical (unpaired) electrons. The fourth-order valence-corrected chi connectivity index (χ4v) is 5.34. The van der Waals surface area contributed by atoms with Crippen LogP contribution in [0.5, 0.6) is 0 Å². The van der Waals surface area contributed by atoms with Gasteiger partial charge in [0.25, 0.3) is 5.91 Å². The summed E-state index contributed by atoms with van der Waals surface area (Å²) in [5.74, 6) is -0.0140. The van der Waals surface area contributed by atoms with Crippen LogP contribution in [0.4, 0.5) is 11.4 Å². The lowest BCUT2D eigenvalue weighted by Crippen LogP contribution is -2.44. The number of nitrogens with zero attached hydrogens (tertiary/aromatic N) is 2. The van der Waals surface area contributed by atoms with Crippen molar-refractivity contribution in [2.75, 3.05) is 31.4 Å². The van der Waals surface area contributed by atoms with E-state index in [0.717, 1.165) is 42.7 Å². The summed E-state index contributed by atoms with van der Waals surface area (Å²) in [7, 11) is 6.85. The monoisotopic (exact) mass is 503 g/mol. The number of likely N-dealkylation sites (N-methyl/N-ethyl adjacent to an activating group) is 1. The van der Waals surface area contributed by atoms with E-state index in [1.165, 1.54) is 35.0 Å². The van der Waals surface area contributed by atoms with Gasteiger partial charge in [-0.1, -0.05) is 37.9 Å². The third-order valence-electron chi connectivity index (χ3n) is 7.29. The zero-order valence-corrected chi connectivity index (χ0v) is 24.2. The van der Waals surface area contributed by atoms with Gasteiger partial charge in [0, 0.05) is 48.9 Å². The van der Waals surface area contributed by atoms with Gasteiger partial charge in [-0.2, -0.15) is 11.3 Å². The van der Waals surface area contributed by atoms with Crippen molar-refractivity contribution in [3.63, 3.8) is 0 Å². The number of carbonyl (C=O) groups is 1. The molecule has 1 amide bonds. The Bertz CT molecular complexity index is 1170. The summed E-state index contributed by atoms with van der Waals surface area (Å²) >= 11 is 1.68. The maximum absolute atomic E-state index is 13.5. The number of hydrogen-bond acceptors (Lipinski definition) is 4. The Morgan fingerprint density at radius 1 is 1.28 bits per heavy atom. The number of benzene rings is 1. The number of unbranched alkanes of at least 4 members (excludes halogenated alkanes) is 2. The molecule has 3 rings (SSSR count). The Morgan fingerprint density at radius 2 is 2.00 bits per heavy atom. The second-order valence-corrected chi connectivity index (χ2v) is 11.5. The van der Waals surface area contributed by atoms with Crippen LogP contribution in [0.1, 0.15) is 65.0 Å². The number of rotatable bonds is 9. The average molecular weight is 504 g/mol. The van der Waals surface area contributed by atoms with Crippen molar-refractivity contribution >= 4 is 52.6 Å². The minimum Gasteiger partial charge on any atom is -0.388 e. The molecule has 0 unspecified atom stereocenters. The first-order valence-electron chi connectivity index (χ1n) is 13.0. The molecule has 2 aromatic rings. The van der Waals surface area contributed by atoms with Crippen molar-refractivity contribution in [3.8, 4) is 0 Å². The highest BCUT2D eigenvalue weighted by Crippen LogP contribution is 2.38. The van der Waals surface area contributed by atoms with Gasteiger partial charge in [0.05, 0.1) is 11.4 Å². The van der Waals surface area contributed by atoms with E-state index in [2.05, 4.69) is 93.5 Å². The fraction of sp³-hybridized carbons (Fsp3) is 0.433. The molecule has 0 fully saturated rings. The molecule has 1 aromatic heterocycles. The number of fused-ring (bicyclic) bond motifs is 1. The summed E-state index contributed by atoms with van der Waals surface area (Å²) in [5, 5.41) is 7.68. The van der Waals surface area contributed by atoms with Gasteiger partial charge >= 0.3 is 0 Å². The molecule has 6 heteroatoms. The van der Waals surface area contributed by atoms with E-state index in [-0.39, 0.29) is 11.4 Å². The van der Waals surface area contributed by atoms with E-state index in [1.54, 1.807) is 16.2 Å². The molecule has 4 nitrogen and oxygen atoms in total. The lowest BCUT2D eigenvalue weighted by atomic mass is 9.58. The van der Waals surface area contributed by atoms with Crippen LogP contribution in [0.25, 0.3) is 11.3 Å². The second kappa shape index (κ2) is 11.6. The number of thiophene rings is 1. The van der Waals surface area contributed by atoms with E-state index >= 15 is 0 Å². The first-order valence-corrected chi connectivity index (χ1v) is 13.9. The van der Waals surface area contributed by atoms with Crippen LogP contribution in [-0.2, 0) is 4.79 Å². The lowest BCUT2D eigenvalue weighted by Gasteiger charge is -2.35. The zero-order valence-electron chi connectivity index (χ0n) is 23.4. The van der Waals surface area contributed by atoms with Gasteiger partial charge in [0.2, 0.25) is 0 Å². The second-order valence-electron chi connectivity index (χ2n) is 10.7. The number of carbonyl (C=O) groups excluding carboxylic acids is 1. The van der Waals surface area contributed by atoms with Crippen LogP contribution in [0.15, 0.2) is 52.8 Å². The molecule has 0 bridgehead atoms. The van der Waals surface area contributed by atoms with Gasteiger partial charge in [-0.15, -0.1) is 0 Å². The highest BCUT2D eigenvalue weighted by atomic mass is 32.1. The minimum atomic E-state index is -0.276. The Hall–Kier alpha value is -2.73. The third kappa shape index (κ3) is 5.80. The molecule has 0 aliphatic carbocycles. The molecule has 1 aliphatic rings. The van der Waals surface area contributed by atoms with Gasteiger partial charge in [0.15, 0.2) is 7.28 Å². The molecule has 192 valence electrons. The van der Waals surface area contributed by atoms with Gasteiger partial charge in [0.1, 0.15) is 0 Å². The zero-order chi connectivity index (χ0) is 26.6. The van der Waals surface area contributed by atoms with Crippen molar-refractivity contribution < 1.29 is 4.79 Å². The van der Waals surface area contributed by atoms with Crippen LogP contribution < -0.4 is 15.7 Å². The van der Waals surface area contributed by atoms with Crippen molar-refractivity contribution in [2.24, 2.45) is 0 Å². The van der Waals surface area contributed by atoms with E-state index in [1.807, 2.05) is 14.1 Å². The van der Waals surface area contributed by atoms with Gasteiger partial charge in [-0.25, -0.2) is 0 Å². The number of hydrogen-bond donors (Lipinski definition) is 1. The number of anilines is 2. The van der Waals surface area contributed by atoms with E-state index in [9.17, 15) is 4.79 Å². The quantitative estimate of drug-likeness (QED) is 0.240. The van der Waals surface area contributed by atoms with Crippen LogP contribution in [0.2, 0.25) is 6.32 Å². The van der Waals surface area contributed by atoms with Crippen molar-refractivity contribution in [1.82, 2.24) is 4.90 Å². The van der Waals surface area contributed by atoms with Gasteiger partial charge in [-0.3, -0.25) is 4.79 Å². The maximum atomic E-state index is 13.5. The Kier molecular flexibility index (Phi) is 8.94. The highest BCUT2D eigenvalue weighted by Gasteiger charge is 2.31. The molecular weight excluding hydrogens is 461 g/mol. The molecule has 0 spiro atoms. The third-order valence-corrected chi connectivity index (χ3v) is 7.96. The fourth-order valence-electron chi connectivity index (χ4n) is 4.67. The summed E-state index contributed by atoms with van der Waals surface area (Å²) in [6.07, 6.45) is 6.59. The first-order chi connectivity index (χ1) is 17.0. The predicted octanol–water partition coefficient (Wildman–Crippen LogP) is 6.54. The summed E-state index contributed by atoms with van der Waals surface area (Å²) in [6.45, 7) is 14.9. The number of nitrogens with one attached hydrogen (secondary N) is 1. The Labute approximate surface area is 223 Å². The standard InChI is InChI=1S/C30H42BN3OS/c1-10-11-12-13-20(2)23-16-24-26(17-27(23)32-7)31-18-25(21(3)29(35)34(9)30(4,5)6)28(24)33(8)22-14-15-36-19-22/h13-17,19,31-32H,3,10-12,18H2,1-2,4-9H3/b20-13+. The smallest absolute Gasteiger partial charge is 0.253 e. The molecule has 1 aromatic carbocycles. The largest absolute Gasteiger partial charge is 0.388 e. The highest BCUT2D eigenvalue weighted by molar-refractivity contribution is 7.08. The van der Waals surface area contributed by atoms with Crippen molar-refractivity contribution in [1.29, 1.82) is 0 Å². The topological polar surface area (TPSA) is 35.6 Å². The van der Waals surface area contributed by atoms with Crippen molar-refractivity contribution in [2.45, 2.75) is 65.7 Å². The summed E-state index contributed by atoms with van der Waals surface area (Å²) < 4.78 is 0. The summed E-state index contributed by atoms with van der Waals surface area (Å²) in [6, 6.07) is 6.75. The number of allylic oxidation sites excluding steroid dienone is 2. The van der Waals surface area contributed by atoms with Crippen LogP contribution in [0, 0.1) is 0 Å². The molecule has 36 heavy (non-hydrogen) atoms. The van der Waals surface area contributed by atoms with Gasteiger partial charge in [-0.05, 0) is 80.7 Å². The van der Waals surface area contributed by atoms with E-state index in [4.69, 9.17) is 0 Å². The number of amides is 1. The molecule has 0 saturated heterocycles. The minimum absolute atomic E-state index is 0.0140. The average Bonchev–Trinajstić information content (AvgIpc) is 3.40. The lowest BCUT2D eigenvalue weighted by molar-refractivity contribution is -0.129. The first kappa shape index (κ1) is 27.9.